The van der Waals surface area contributed by atoms with E-state index in [4.69, 9.17) is 4.42 Å². The summed E-state index contributed by atoms with van der Waals surface area (Å²) in [6.45, 7) is 0.608. The third-order valence-electron chi connectivity index (χ3n) is 2.90. The summed E-state index contributed by atoms with van der Waals surface area (Å²) in [7, 11) is 0. The summed E-state index contributed by atoms with van der Waals surface area (Å²) < 4.78 is 19.0. The lowest BCUT2D eigenvalue weighted by Crippen LogP contribution is -2.07. The minimum absolute atomic E-state index is 0.244. The van der Waals surface area contributed by atoms with Crippen molar-refractivity contribution >= 4 is 16.8 Å². The number of rotatable bonds is 4. The van der Waals surface area contributed by atoms with Crippen molar-refractivity contribution in [2.45, 2.75) is 6.42 Å². The lowest BCUT2D eigenvalue weighted by molar-refractivity contribution is 0.591. The van der Waals surface area contributed by atoms with E-state index in [9.17, 15) is 4.39 Å². The second-order valence-corrected chi connectivity index (χ2v) is 4.17. The molecule has 0 saturated heterocycles. The molecule has 1 N–H and O–H groups in total. The predicted molar refractivity (Wildman–Crippen MR) is 70.4 cm³/mol. The van der Waals surface area contributed by atoms with Gasteiger partial charge in [0.25, 0.3) is 0 Å². The highest BCUT2D eigenvalue weighted by Gasteiger charge is 2.06. The molecule has 0 spiro atoms. The van der Waals surface area contributed by atoms with Gasteiger partial charge in [-0.15, -0.1) is 0 Å². The molecule has 0 aliphatic heterocycles. The molecule has 4 nitrogen and oxygen atoms in total. The normalized spacial score (nSPS) is 10.8. The quantitative estimate of drug-likeness (QED) is 0.780. The Labute approximate surface area is 109 Å². The molecule has 2 aromatic heterocycles. The summed E-state index contributed by atoms with van der Waals surface area (Å²) in [4.78, 5) is 7.88. The molecule has 3 rings (SSSR count). The third-order valence-corrected chi connectivity index (χ3v) is 2.90. The molecule has 0 unspecified atom stereocenters. The molecule has 2 heterocycles. The Morgan fingerprint density at radius 3 is 3.05 bits per heavy atom. The van der Waals surface area contributed by atoms with Gasteiger partial charge >= 0.3 is 0 Å². The zero-order valence-corrected chi connectivity index (χ0v) is 10.1. The highest BCUT2D eigenvalue weighted by atomic mass is 19.1. The summed E-state index contributed by atoms with van der Waals surface area (Å²) in [5, 5.41) is 4.04. The van der Waals surface area contributed by atoms with Gasteiger partial charge in [-0.05, 0) is 30.2 Å². The molecular weight excluding hydrogens is 245 g/mol. The molecule has 5 heteroatoms. The molecular formula is C14H12FN3O. The van der Waals surface area contributed by atoms with Crippen LogP contribution in [0.15, 0.2) is 47.5 Å². The van der Waals surface area contributed by atoms with Crippen molar-refractivity contribution in [3.63, 3.8) is 0 Å². The lowest BCUT2D eigenvalue weighted by atomic mass is 10.1. The molecule has 19 heavy (non-hydrogen) atoms. The van der Waals surface area contributed by atoms with Crippen LogP contribution in [0.2, 0.25) is 0 Å². The van der Waals surface area contributed by atoms with Crippen molar-refractivity contribution in [2.24, 2.45) is 0 Å². The minimum atomic E-state index is -0.244. The number of hydrogen-bond donors (Lipinski definition) is 1. The summed E-state index contributed by atoms with van der Waals surface area (Å²) in [6, 6.07) is 6.84. The zero-order valence-electron chi connectivity index (χ0n) is 10.1. The van der Waals surface area contributed by atoms with E-state index in [1.54, 1.807) is 18.5 Å². The van der Waals surface area contributed by atoms with Gasteiger partial charge in [-0.2, -0.15) is 0 Å². The van der Waals surface area contributed by atoms with E-state index in [1.165, 1.54) is 12.4 Å². The maximum absolute atomic E-state index is 13.8. The van der Waals surface area contributed by atoms with Gasteiger partial charge < -0.3 is 9.73 Å². The van der Waals surface area contributed by atoms with Crippen LogP contribution < -0.4 is 5.32 Å². The van der Waals surface area contributed by atoms with Crippen molar-refractivity contribution in [1.82, 2.24) is 9.97 Å². The van der Waals surface area contributed by atoms with Crippen molar-refractivity contribution in [3.8, 4) is 0 Å². The molecule has 0 radical (unpaired) electrons. The van der Waals surface area contributed by atoms with Crippen LogP contribution in [0.25, 0.3) is 11.0 Å². The van der Waals surface area contributed by atoms with Crippen molar-refractivity contribution in [2.75, 3.05) is 11.9 Å². The van der Waals surface area contributed by atoms with Crippen molar-refractivity contribution in [1.29, 1.82) is 0 Å². The molecule has 0 fully saturated rings. The number of anilines is 1. The monoisotopic (exact) mass is 257 g/mol. The van der Waals surface area contributed by atoms with Crippen LogP contribution in [0.4, 0.5) is 10.2 Å². The number of fused-ring (bicyclic) bond motifs is 1. The molecule has 3 aromatic rings. The zero-order chi connectivity index (χ0) is 13.1. The number of nitrogens with zero attached hydrogens (tertiary/aromatic N) is 2. The molecule has 1 aromatic carbocycles. The highest BCUT2D eigenvalue weighted by Crippen LogP contribution is 2.20. The van der Waals surface area contributed by atoms with Crippen LogP contribution in [0.3, 0.4) is 0 Å². The Hall–Kier alpha value is -2.43. The van der Waals surface area contributed by atoms with E-state index in [-0.39, 0.29) is 5.82 Å². The molecule has 0 aliphatic carbocycles. The summed E-state index contributed by atoms with van der Waals surface area (Å²) in [5.74, 6) is 0.492. The standard InChI is InChI=1S/C14H12FN3O/c15-12-8-13-11(3-6-19-13)7-10(12)1-5-17-14-2-4-16-9-18-14/h2-4,6-9H,1,5H2,(H,16,17,18). The largest absolute Gasteiger partial charge is 0.464 e. The van der Waals surface area contributed by atoms with Crippen LogP contribution in [-0.4, -0.2) is 16.5 Å². The van der Waals surface area contributed by atoms with E-state index >= 15 is 0 Å². The first-order valence-corrected chi connectivity index (χ1v) is 5.98. The Morgan fingerprint density at radius 1 is 1.26 bits per heavy atom. The predicted octanol–water partition coefficient (Wildman–Crippen LogP) is 3.02. The summed E-state index contributed by atoms with van der Waals surface area (Å²) in [5.41, 5.74) is 1.24. The lowest BCUT2D eigenvalue weighted by Gasteiger charge is -2.06. The van der Waals surface area contributed by atoms with Crippen LogP contribution in [-0.2, 0) is 6.42 Å². The average molecular weight is 257 g/mol. The van der Waals surface area contributed by atoms with Crippen LogP contribution in [0, 0.1) is 5.82 Å². The summed E-state index contributed by atoms with van der Waals surface area (Å²) in [6.07, 6.45) is 5.28. The smallest absolute Gasteiger partial charge is 0.136 e. The number of furan rings is 1. The second kappa shape index (κ2) is 5.06. The van der Waals surface area contributed by atoms with Gasteiger partial charge in [-0.25, -0.2) is 14.4 Å². The van der Waals surface area contributed by atoms with Gasteiger partial charge in [-0.1, -0.05) is 0 Å². The second-order valence-electron chi connectivity index (χ2n) is 4.17. The van der Waals surface area contributed by atoms with Crippen LogP contribution in [0.1, 0.15) is 5.56 Å². The number of aromatic nitrogens is 2. The number of nitrogens with one attached hydrogen (secondary N) is 1. The van der Waals surface area contributed by atoms with Crippen LogP contribution >= 0.6 is 0 Å². The Balaban J connectivity index is 1.69. The number of halogens is 1. The van der Waals surface area contributed by atoms with Crippen LogP contribution in [0.5, 0.6) is 0 Å². The van der Waals surface area contributed by atoms with E-state index in [0.717, 1.165) is 11.2 Å². The first kappa shape index (κ1) is 11.6. The minimum Gasteiger partial charge on any atom is -0.464 e. The Kier molecular flexibility index (Phi) is 3.10. The van der Waals surface area contributed by atoms with Gasteiger partial charge in [0.2, 0.25) is 0 Å². The topological polar surface area (TPSA) is 51.0 Å². The molecule has 0 atom stereocenters. The molecule has 0 saturated carbocycles. The van der Waals surface area contributed by atoms with E-state index in [1.807, 2.05) is 12.1 Å². The number of hydrogen-bond acceptors (Lipinski definition) is 4. The fourth-order valence-electron chi connectivity index (χ4n) is 1.94. The van der Waals surface area contributed by atoms with Crippen molar-refractivity contribution < 1.29 is 8.81 Å². The molecule has 0 aliphatic rings. The number of benzene rings is 1. The van der Waals surface area contributed by atoms with Gasteiger partial charge in [0.05, 0.1) is 6.26 Å². The van der Waals surface area contributed by atoms with Gasteiger partial charge in [0.15, 0.2) is 0 Å². The highest BCUT2D eigenvalue weighted by molar-refractivity contribution is 5.77. The van der Waals surface area contributed by atoms with Gasteiger partial charge in [-0.3, -0.25) is 0 Å². The molecule has 0 bridgehead atoms. The Bertz CT molecular complexity index is 681. The van der Waals surface area contributed by atoms with E-state index in [0.29, 0.717) is 24.1 Å². The first-order chi connectivity index (χ1) is 9.33. The van der Waals surface area contributed by atoms with E-state index < -0.39 is 0 Å². The first-order valence-electron chi connectivity index (χ1n) is 5.98. The van der Waals surface area contributed by atoms with Gasteiger partial charge in [0.1, 0.15) is 23.5 Å². The fraction of sp³-hybridized carbons (Fsp3) is 0.143. The SMILES string of the molecule is Fc1cc2occc2cc1CCNc1ccncn1. The van der Waals surface area contributed by atoms with E-state index in [2.05, 4.69) is 15.3 Å². The van der Waals surface area contributed by atoms with Crippen molar-refractivity contribution in [3.05, 3.63) is 54.4 Å². The third kappa shape index (κ3) is 2.54. The molecule has 0 amide bonds. The summed E-state index contributed by atoms with van der Waals surface area (Å²) >= 11 is 0. The average Bonchev–Trinajstić information content (AvgIpc) is 2.87. The fourth-order valence-corrected chi connectivity index (χ4v) is 1.94. The maximum atomic E-state index is 13.8. The molecule has 96 valence electrons. The van der Waals surface area contributed by atoms with Gasteiger partial charge in [0, 0.05) is 24.2 Å². The maximum Gasteiger partial charge on any atom is 0.136 e. The Morgan fingerprint density at radius 2 is 2.21 bits per heavy atom.